The maximum Gasteiger partial charge on any atom is 0.242 e. The van der Waals surface area contributed by atoms with Crippen molar-refractivity contribution in [1.82, 2.24) is 9.46 Å². The van der Waals surface area contributed by atoms with Gasteiger partial charge in [-0.25, -0.2) is 12.7 Å². The van der Waals surface area contributed by atoms with E-state index in [9.17, 15) is 8.42 Å². The fourth-order valence-electron chi connectivity index (χ4n) is 1.51. The van der Waals surface area contributed by atoms with Crippen LogP contribution >= 0.6 is 15.9 Å². The van der Waals surface area contributed by atoms with E-state index in [0.29, 0.717) is 11.1 Å². The van der Waals surface area contributed by atoms with Crippen molar-refractivity contribution >= 4 is 26.0 Å². The Morgan fingerprint density at radius 3 is 2.37 bits per heavy atom. The molecule has 0 saturated carbocycles. The number of halogens is 1. The minimum Gasteiger partial charge on any atom is -0.356 e. The largest absolute Gasteiger partial charge is 0.356 e. The Bertz CT molecular complexity index is 663. The lowest BCUT2D eigenvalue weighted by Gasteiger charge is -2.11. The van der Waals surface area contributed by atoms with Crippen molar-refractivity contribution in [2.75, 3.05) is 14.1 Å². The highest BCUT2D eigenvalue weighted by molar-refractivity contribution is 9.08. The van der Waals surface area contributed by atoms with Crippen molar-refractivity contribution in [3.63, 3.8) is 0 Å². The van der Waals surface area contributed by atoms with E-state index in [1.807, 2.05) is 6.07 Å². The minimum absolute atomic E-state index is 0.251. The van der Waals surface area contributed by atoms with Gasteiger partial charge < -0.3 is 4.52 Å². The van der Waals surface area contributed by atoms with Crippen LogP contribution in [0.15, 0.2) is 39.8 Å². The molecule has 2 aromatic rings. The molecule has 0 aliphatic carbocycles. The van der Waals surface area contributed by atoms with E-state index in [4.69, 9.17) is 4.52 Å². The maximum absolute atomic E-state index is 11.9. The summed E-state index contributed by atoms with van der Waals surface area (Å²) in [6, 6.07) is 8.33. The van der Waals surface area contributed by atoms with E-state index in [1.54, 1.807) is 24.3 Å². The second-order valence-corrected chi connectivity index (χ2v) is 6.84. The zero-order valence-electron chi connectivity index (χ0n) is 10.5. The Balaban J connectivity index is 2.33. The first-order valence-electron chi connectivity index (χ1n) is 5.49. The Morgan fingerprint density at radius 2 is 1.89 bits per heavy atom. The van der Waals surface area contributed by atoms with Crippen LogP contribution in [0.2, 0.25) is 0 Å². The molecule has 0 fully saturated rings. The second kappa shape index (κ2) is 5.44. The van der Waals surface area contributed by atoms with Crippen LogP contribution in [0.5, 0.6) is 0 Å². The first-order chi connectivity index (χ1) is 8.95. The molecule has 1 heterocycles. The van der Waals surface area contributed by atoms with Crippen molar-refractivity contribution < 1.29 is 12.9 Å². The normalized spacial score (nSPS) is 12.0. The summed E-state index contributed by atoms with van der Waals surface area (Å²) in [5.41, 5.74) is 1.58. The molecule has 0 radical (unpaired) electrons. The Morgan fingerprint density at radius 1 is 1.26 bits per heavy atom. The van der Waals surface area contributed by atoms with Gasteiger partial charge in [0.15, 0.2) is 5.76 Å². The molecule has 1 aromatic carbocycles. The third-order valence-electron chi connectivity index (χ3n) is 2.61. The van der Waals surface area contributed by atoms with Crippen molar-refractivity contribution in [3.8, 4) is 11.3 Å². The smallest absolute Gasteiger partial charge is 0.242 e. The molecule has 0 spiro atoms. The van der Waals surface area contributed by atoms with E-state index in [2.05, 4.69) is 21.1 Å². The molecule has 1 aromatic heterocycles. The third-order valence-corrected chi connectivity index (χ3v) is 5.02. The molecule has 0 unspecified atom stereocenters. The molecule has 102 valence electrons. The molecule has 0 aliphatic heterocycles. The molecule has 0 saturated heterocycles. The molecule has 0 bridgehead atoms. The lowest BCUT2D eigenvalue weighted by Crippen LogP contribution is -2.22. The summed E-state index contributed by atoms with van der Waals surface area (Å²) in [7, 11) is -0.392. The molecule has 5 nitrogen and oxygen atoms in total. The third kappa shape index (κ3) is 2.88. The Labute approximate surface area is 120 Å². The van der Waals surface area contributed by atoms with Gasteiger partial charge in [0.25, 0.3) is 0 Å². The van der Waals surface area contributed by atoms with Gasteiger partial charge in [0.05, 0.1) is 10.6 Å². The van der Waals surface area contributed by atoms with Crippen molar-refractivity contribution in [1.29, 1.82) is 0 Å². The fraction of sp³-hybridized carbons (Fsp3) is 0.250. The predicted molar refractivity (Wildman–Crippen MR) is 75.4 cm³/mol. The summed E-state index contributed by atoms with van der Waals surface area (Å²) in [6.45, 7) is 0. The van der Waals surface area contributed by atoms with E-state index in [0.717, 1.165) is 11.3 Å². The van der Waals surface area contributed by atoms with Crippen molar-refractivity contribution in [2.45, 2.75) is 10.2 Å². The van der Waals surface area contributed by atoms with E-state index >= 15 is 0 Å². The molecule has 0 aliphatic rings. The first-order valence-corrected chi connectivity index (χ1v) is 8.06. The average molecular weight is 345 g/mol. The Hall–Kier alpha value is -1.18. The summed E-state index contributed by atoms with van der Waals surface area (Å²) in [6.07, 6.45) is 0. The number of nitrogens with zero attached hydrogens (tertiary/aromatic N) is 2. The molecule has 7 heteroatoms. The van der Waals surface area contributed by atoms with Gasteiger partial charge in [-0.2, -0.15) is 0 Å². The van der Waals surface area contributed by atoms with E-state index in [1.165, 1.54) is 18.4 Å². The molecule has 0 amide bonds. The number of hydrogen-bond acceptors (Lipinski definition) is 4. The van der Waals surface area contributed by atoms with Crippen LogP contribution in [0.4, 0.5) is 0 Å². The first kappa shape index (κ1) is 14.2. The molecular formula is C12H13BrN2O3S. The van der Waals surface area contributed by atoms with E-state index in [-0.39, 0.29) is 4.90 Å². The molecular weight excluding hydrogens is 332 g/mol. The van der Waals surface area contributed by atoms with Gasteiger partial charge in [0.1, 0.15) is 0 Å². The highest BCUT2D eigenvalue weighted by atomic mass is 79.9. The van der Waals surface area contributed by atoms with Crippen LogP contribution < -0.4 is 0 Å². The molecule has 19 heavy (non-hydrogen) atoms. The SMILES string of the molecule is CN(C)S(=O)(=O)c1ccc(-c2cc(CBr)no2)cc1. The highest BCUT2D eigenvalue weighted by Crippen LogP contribution is 2.23. The topological polar surface area (TPSA) is 63.4 Å². The second-order valence-electron chi connectivity index (χ2n) is 4.13. The fourth-order valence-corrected chi connectivity index (χ4v) is 2.68. The Kier molecular flexibility index (Phi) is 4.07. The van der Waals surface area contributed by atoms with Crippen LogP contribution in [0.25, 0.3) is 11.3 Å². The number of sulfonamides is 1. The van der Waals surface area contributed by atoms with Gasteiger partial charge in [0, 0.05) is 31.1 Å². The summed E-state index contributed by atoms with van der Waals surface area (Å²) >= 11 is 3.29. The van der Waals surface area contributed by atoms with Gasteiger partial charge in [-0.15, -0.1) is 0 Å². The molecule has 2 rings (SSSR count). The van der Waals surface area contributed by atoms with Gasteiger partial charge in [-0.1, -0.05) is 21.1 Å². The summed E-state index contributed by atoms with van der Waals surface area (Å²) < 4.78 is 30.2. The zero-order valence-corrected chi connectivity index (χ0v) is 12.9. The lowest BCUT2D eigenvalue weighted by molar-refractivity contribution is 0.426. The number of aromatic nitrogens is 1. The van der Waals surface area contributed by atoms with E-state index < -0.39 is 10.0 Å². The standard InChI is InChI=1S/C12H13BrN2O3S/c1-15(2)19(16,17)11-5-3-9(4-6-11)12-7-10(8-13)14-18-12/h3-7H,8H2,1-2H3. The number of alkyl halides is 1. The number of hydrogen-bond donors (Lipinski definition) is 0. The summed E-state index contributed by atoms with van der Waals surface area (Å²) in [5.74, 6) is 0.614. The quantitative estimate of drug-likeness (QED) is 0.799. The maximum atomic E-state index is 11.9. The van der Waals surface area contributed by atoms with Crippen LogP contribution in [-0.4, -0.2) is 32.0 Å². The zero-order chi connectivity index (χ0) is 14.0. The summed E-state index contributed by atoms with van der Waals surface area (Å²) in [5, 5.41) is 4.48. The monoisotopic (exact) mass is 344 g/mol. The van der Waals surface area contributed by atoms with Crippen LogP contribution in [0.3, 0.4) is 0 Å². The number of rotatable bonds is 4. The predicted octanol–water partition coefficient (Wildman–Crippen LogP) is 2.49. The van der Waals surface area contributed by atoms with Gasteiger partial charge in [0.2, 0.25) is 10.0 Å². The molecule has 0 atom stereocenters. The summed E-state index contributed by atoms with van der Waals surface area (Å²) in [4.78, 5) is 0.251. The van der Waals surface area contributed by atoms with Gasteiger partial charge in [-0.3, -0.25) is 0 Å². The highest BCUT2D eigenvalue weighted by Gasteiger charge is 2.17. The van der Waals surface area contributed by atoms with Crippen LogP contribution in [0.1, 0.15) is 5.69 Å². The molecule has 0 N–H and O–H groups in total. The van der Waals surface area contributed by atoms with Crippen LogP contribution in [-0.2, 0) is 15.4 Å². The van der Waals surface area contributed by atoms with Gasteiger partial charge >= 0.3 is 0 Å². The van der Waals surface area contributed by atoms with Crippen LogP contribution in [0, 0.1) is 0 Å². The minimum atomic E-state index is -3.40. The van der Waals surface area contributed by atoms with Crippen molar-refractivity contribution in [2.24, 2.45) is 0 Å². The van der Waals surface area contributed by atoms with Gasteiger partial charge in [-0.05, 0) is 24.3 Å². The average Bonchev–Trinajstić information content (AvgIpc) is 2.87. The lowest BCUT2D eigenvalue weighted by atomic mass is 10.2. The number of benzene rings is 1. The van der Waals surface area contributed by atoms with Crippen molar-refractivity contribution in [3.05, 3.63) is 36.0 Å².